The molecule has 1 aliphatic carbocycles. The molecule has 1 nitrogen and oxygen atoms in total. The van der Waals surface area contributed by atoms with Crippen molar-refractivity contribution in [2.45, 2.75) is 58.9 Å². The number of aryl methyl sites for hydroxylation is 1. The Hall–Kier alpha value is -0.890. The van der Waals surface area contributed by atoms with E-state index in [1.807, 2.05) is 12.1 Å². The van der Waals surface area contributed by atoms with Crippen LogP contribution in [0.4, 0.5) is 4.39 Å². The van der Waals surface area contributed by atoms with Gasteiger partial charge in [-0.3, -0.25) is 0 Å². The second-order valence-electron chi connectivity index (χ2n) is 7.17. The first-order chi connectivity index (χ1) is 8.75. The Labute approximate surface area is 116 Å². The fourth-order valence-electron chi connectivity index (χ4n) is 3.63. The first-order valence-electron chi connectivity index (χ1n) is 7.30. The van der Waals surface area contributed by atoms with Crippen LogP contribution in [-0.4, -0.2) is 0 Å². The molecule has 0 radical (unpaired) electrons. The molecule has 2 N–H and O–H groups in total. The van der Waals surface area contributed by atoms with Gasteiger partial charge in [-0.15, -0.1) is 0 Å². The maximum absolute atomic E-state index is 13.9. The zero-order valence-corrected chi connectivity index (χ0v) is 12.6. The molecule has 0 aromatic heterocycles. The molecule has 2 heteroatoms. The Morgan fingerprint density at radius 3 is 2.53 bits per heavy atom. The summed E-state index contributed by atoms with van der Waals surface area (Å²) in [6, 6.07) is 5.52. The fraction of sp³-hybridized carbons (Fsp3) is 0.647. The van der Waals surface area contributed by atoms with Gasteiger partial charge in [0.15, 0.2) is 0 Å². The maximum atomic E-state index is 13.9. The molecule has 1 saturated carbocycles. The third-order valence-corrected chi connectivity index (χ3v) is 4.71. The van der Waals surface area contributed by atoms with E-state index in [1.165, 1.54) is 6.42 Å². The first kappa shape index (κ1) is 14.5. The van der Waals surface area contributed by atoms with Crippen molar-refractivity contribution in [3.05, 3.63) is 35.1 Å². The summed E-state index contributed by atoms with van der Waals surface area (Å²) in [6.45, 7) is 8.53. The van der Waals surface area contributed by atoms with E-state index in [4.69, 9.17) is 5.73 Å². The monoisotopic (exact) mass is 263 g/mol. The van der Waals surface area contributed by atoms with E-state index >= 15 is 0 Å². The summed E-state index contributed by atoms with van der Waals surface area (Å²) >= 11 is 0. The van der Waals surface area contributed by atoms with Crippen molar-refractivity contribution in [1.29, 1.82) is 0 Å². The second-order valence-corrected chi connectivity index (χ2v) is 7.17. The van der Waals surface area contributed by atoms with Gasteiger partial charge in [-0.05, 0) is 48.3 Å². The predicted molar refractivity (Wildman–Crippen MR) is 78.4 cm³/mol. The minimum Gasteiger partial charge on any atom is -0.321 e. The standard InChI is InChI=1S/C17H26FN/c1-12-8-9-13(11-14(12)18)17(19)10-6-5-7-15(17)16(2,3)4/h8-9,11,15H,5-7,10,19H2,1-4H3. The lowest BCUT2D eigenvalue weighted by Gasteiger charge is -2.48. The van der Waals surface area contributed by atoms with E-state index in [1.54, 1.807) is 13.0 Å². The highest BCUT2D eigenvalue weighted by atomic mass is 19.1. The summed E-state index contributed by atoms with van der Waals surface area (Å²) < 4.78 is 13.9. The predicted octanol–water partition coefficient (Wildman–Crippen LogP) is 4.52. The zero-order valence-electron chi connectivity index (χ0n) is 12.6. The van der Waals surface area contributed by atoms with E-state index < -0.39 is 0 Å². The van der Waals surface area contributed by atoms with Crippen LogP contribution in [0.2, 0.25) is 0 Å². The molecular formula is C17H26FN. The lowest BCUT2D eigenvalue weighted by Crippen LogP contribution is -2.51. The lowest BCUT2D eigenvalue weighted by atomic mass is 9.60. The minimum atomic E-state index is -0.384. The Kier molecular flexibility index (Phi) is 3.74. The average Bonchev–Trinajstić information content (AvgIpc) is 2.31. The molecule has 0 heterocycles. The molecule has 2 atom stereocenters. The summed E-state index contributed by atoms with van der Waals surface area (Å²) in [5.41, 5.74) is 8.19. The van der Waals surface area contributed by atoms with Crippen molar-refractivity contribution >= 4 is 0 Å². The van der Waals surface area contributed by atoms with Gasteiger partial charge in [-0.2, -0.15) is 0 Å². The normalized spacial score (nSPS) is 28.4. The third-order valence-electron chi connectivity index (χ3n) is 4.71. The molecule has 1 aromatic carbocycles. The summed E-state index contributed by atoms with van der Waals surface area (Å²) in [7, 11) is 0. The van der Waals surface area contributed by atoms with Gasteiger partial charge in [0.1, 0.15) is 5.82 Å². The Morgan fingerprint density at radius 1 is 1.26 bits per heavy atom. The molecule has 0 aliphatic heterocycles. The van der Waals surface area contributed by atoms with Crippen LogP contribution < -0.4 is 5.73 Å². The molecule has 1 aliphatic rings. The SMILES string of the molecule is Cc1ccc(C2(N)CCCCC2C(C)(C)C)cc1F. The van der Waals surface area contributed by atoms with Crippen LogP contribution >= 0.6 is 0 Å². The molecule has 0 amide bonds. The third kappa shape index (κ3) is 2.69. The Morgan fingerprint density at radius 2 is 1.95 bits per heavy atom. The molecule has 1 aromatic rings. The molecule has 106 valence electrons. The van der Waals surface area contributed by atoms with E-state index in [0.717, 1.165) is 24.8 Å². The van der Waals surface area contributed by atoms with Gasteiger partial charge in [0.2, 0.25) is 0 Å². The molecule has 0 spiro atoms. The van der Waals surface area contributed by atoms with Crippen LogP contribution in [0.3, 0.4) is 0 Å². The number of rotatable bonds is 1. The smallest absolute Gasteiger partial charge is 0.126 e. The number of nitrogens with two attached hydrogens (primary N) is 1. The van der Waals surface area contributed by atoms with Crippen molar-refractivity contribution in [2.75, 3.05) is 0 Å². The summed E-state index contributed by atoms with van der Waals surface area (Å²) in [5, 5.41) is 0. The minimum absolute atomic E-state index is 0.138. The molecule has 2 unspecified atom stereocenters. The van der Waals surface area contributed by atoms with Gasteiger partial charge in [0.05, 0.1) is 0 Å². The maximum Gasteiger partial charge on any atom is 0.126 e. The van der Waals surface area contributed by atoms with Gasteiger partial charge in [0.25, 0.3) is 0 Å². The molecular weight excluding hydrogens is 237 g/mol. The van der Waals surface area contributed by atoms with Crippen LogP contribution in [0.15, 0.2) is 18.2 Å². The number of hydrogen-bond donors (Lipinski definition) is 1. The number of benzene rings is 1. The molecule has 2 rings (SSSR count). The largest absolute Gasteiger partial charge is 0.321 e. The molecule has 0 saturated heterocycles. The Bertz CT molecular complexity index is 461. The zero-order chi connectivity index (χ0) is 14.3. The van der Waals surface area contributed by atoms with Gasteiger partial charge < -0.3 is 5.73 Å². The number of hydrogen-bond acceptors (Lipinski definition) is 1. The molecule has 19 heavy (non-hydrogen) atoms. The highest BCUT2D eigenvalue weighted by molar-refractivity contribution is 5.31. The van der Waals surface area contributed by atoms with Crippen LogP contribution in [0.5, 0.6) is 0 Å². The topological polar surface area (TPSA) is 26.0 Å². The van der Waals surface area contributed by atoms with Gasteiger partial charge in [-0.25, -0.2) is 4.39 Å². The summed E-state index contributed by atoms with van der Waals surface area (Å²) in [6.07, 6.45) is 4.46. The lowest BCUT2D eigenvalue weighted by molar-refractivity contribution is 0.0776. The van der Waals surface area contributed by atoms with Crippen LogP contribution in [0.25, 0.3) is 0 Å². The molecule has 1 fully saturated rings. The van der Waals surface area contributed by atoms with Crippen LogP contribution in [0.1, 0.15) is 57.6 Å². The Balaban J connectivity index is 2.45. The second kappa shape index (κ2) is 4.90. The van der Waals surface area contributed by atoms with Crippen molar-refractivity contribution < 1.29 is 4.39 Å². The first-order valence-corrected chi connectivity index (χ1v) is 7.30. The van der Waals surface area contributed by atoms with Gasteiger partial charge >= 0.3 is 0 Å². The summed E-state index contributed by atoms with van der Waals surface area (Å²) in [4.78, 5) is 0. The highest BCUT2D eigenvalue weighted by Gasteiger charge is 2.44. The van der Waals surface area contributed by atoms with Crippen molar-refractivity contribution in [2.24, 2.45) is 17.1 Å². The van der Waals surface area contributed by atoms with Crippen molar-refractivity contribution in [3.63, 3.8) is 0 Å². The van der Waals surface area contributed by atoms with Crippen molar-refractivity contribution in [1.82, 2.24) is 0 Å². The highest BCUT2D eigenvalue weighted by Crippen LogP contribution is 2.48. The number of halogens is 1. The van der Waals surface area contributed by atoms with E-state index in [9.17, 15) is 4.39 Å². The van der Waals surface area contributed by atoms with E-state index in [2.05, 4.69) is 20.8 Å². The summed E-state index contributed by atoms with van der Waals surface area (Å²) in [5.74, 6) is 0.261. The van der Waals surface area contributed by atoms with Gasteiger partial charge in [0, 0.05) is 5.54 Å². The van der Waals surface area contributed by atoms with Crippen molar-refractivity contribution in [3.8, 4) is 0 Å². The van der Waals surface area contributed by atoms with E-state index in [0.29, 0.717) is 11.5 Å². The fourth-order valence-corrected chi connectivity index (χ4v) is 3.63. The van der Waals surface area contributed by atoms with Crippen LogP contribution in [0, 0.1) is 24.1 Å². The molecule has 0 bridgehead atoms. The van der Waals surface area contributed by atoms with E-state index in [-0.39, 0.29) is 16.8 Å². The van der Waals surface area contributed by atoms with Gasteiger partial charge in [-0.1, -0.05) is 45.7 Å². The van der Waals surface area contributed by atoms with Crippen LogP contribution in [-0.2, 0) is 5.54 Å². The quantitative estimate of drug-likeness (QED) is 0.791. The average molecular weight is 263 g/mol.